The van der Waals surface area contributed by atoms with Gasteiger partial charge in [-0.1, -0.05) is 41.4 Å². The molecular weight excluding hydrogens is 340 g/mol. The Balaban J connectivity index is 1.95. The first kappa shape index (κ1) is 15.6. The molecule has 1 saturated heterocycles. The molecule has 20 heavy (non-hydrogen) atoms. The average Bonchev–Trinajstić information content (AvgIpc) is 2.38. The second kappa shape index (κ2) is 6.81. The zero-order valence-electron chi connectivity index (χ0n) is 11.9. The SMILES string of the molecule is CC(C)CC(=O)N1CCN(c2ccc(Br)cc2Cl)CC1. The van der Waals surface area contributed by atoms with Gasteiger partial charge in [0.1, 0.15) is 0 Å². The Morgan fingerprint density at radius 3 is 2.50 bits per heavy atom. The maximum absolute atomic E-state index is 12.0. The summed E-state index contributed by atoms with van der Waals surface area (Å²) >= 11 is 9.69. The highest BCUT2D eigenvalue weighted by Gasteiger charge is 2.22. The molecule has 0 aromatic heterocycles. The molecule has 1 heterocycles. The van der Waals surface area contributed by atoms with Crippen LogP contribution in [0.15, 0.2) is 22.7 Å². The number of hydrogen-bond acceptors (Lipinski definition) is 2. The second-order valence-electron chi connectivity index (χ2n) is 5.56. The molecule has 1 aromatic rings. The maximum Gasteiger partial charge on any atom is 0.222 e. The van der Waals surface area contributed by atoms with Crippen LogP contribution >= 0.6 is 27.5 Å². The summed E-state index contributed by atoms with van der Waals surface area (Å²) in [6, 6.07) is 5.93. The molecule has 0 N–H and O–H groups in total. The third-order valence-corrected chi connectivity index (χ3v) is 4.26. The largest absolute Gasteiger partial charge is 0.367 e. The number of piperazine rings is 1. The number of nitrogens with zero attached hydrogens (tertiary/aromatic N) is 2. The van der Waals surface area contributed by atoms with Crippen LogP contribution in [0.1, 0.15) is 20.3 Å². The van der Waals surface area contributed by atoms with Gasteiger partial charge in [-0.05, 0) is 24.1 Å². The number of benzene rings is 1. The van der Waals surface area contributed by atoms with Crippen molar-refractivity contribution in [1.82, 2.24) is 4.90 Å². The van der Waals surface area contributed by atoms with Crippen LogP contribution < -0.4 is 4.90 Å². The van der Waals surface area contributed by atoms with E-state index in [0.29, 0.717) is 12.3 Å². The molecule has 0 aliphatic carbocycles. The normalized spacial score (nSPS) is 15.8. The van der Waals surface area contributed by atoms with Crippen molar-refractivity contribution >= 4 is 39.1 Å². The minimum atomic E-state index is 0.265. The lowest BCUT2D eigenvalue weighted by atomic mass is 10.1. The Bertz CT molecular complexity index is 485. The summed E-state index contributed by atoms with van der Waals surface area (Å²) in [5.41, 5.74) is 1.05. The van der Waals surface area contributed by atoms with Crippen LogP contribution in [0.2, 0.25) is 5.02 Å². The highest BCUT2D eigenvalue weighted by Crippen LogP contribution is 2.29. The Labute approximate surface area is 134 Å². The summed E-state index contributed by atoms with van der Waals surface area (Å²) < 4.78 is 0.983. The molecule has 5 heteroatoms. The van der Waals surface area contributed by atoms with E-state index in [0.717, 1.165) is 41.4 Å². The van der Waals surface area contributed by atoms with Crippen LogP contribution in [0.4, 0.5) is 5.69 Å². The summed E-state index contributed by atoms with van der Waals surface area (Å²) in [6.07, 6.45) is 0.638. The van der Waals surface area contributed by atoms with Crippen LogP contribution in [0, 0.1) is 5.92 Å². The molecular formula is C15H20BrClN2O. The third-order valence-electron chi connectivity index (χ3n) is 3.47. The Morgan fingerprint density at radius 2 is 1.95 bits per heavy atom. The van der Waals surface area contributed by atoms with E-state index in [-0.39, 0.29) is 5.91 Å². The number of rotatable bonds is 3. The fourth-order valence-electron chi connectivity index (χ4n) is 2.41. The molecule has 3 nitrogen and oxygen atoms in total. The lowest BCUT2D eigenvalue weighted by Crippen LogP contribution is -2.49. The lowest BCUT2D eigenvalue weighted by molar-refractivity contribution is -0.132. The van der Waals surface area contributed by atoms with E-state index in [1.165, 1.54) is 0 Å². The zero-order chi connectivity index (χ0) is 14.7. The van der Waals surface area contributed by atoms with E-state index in [2.05, 4.69) is 34.7 Å². The van der Waals surface area contributed by atoms with Gasteiger partial charge in [-0.15, -0.1) is 0 Å². The molecule has 0 atom stereocenters. The number of carbonyl (C=O) groups is 1. The van der Waals surface area contributed by atoms with Crippen LogP contribution in [0.5, 0.6) is 0 Å². The van der Waals surface area contributed by atoms with E-state index in [4.69, 9.17) is 11.6 Å². The monoisotopic (exact) mass is 358 g/mol. The average molecular weight is 360 g/mol. The molecule has 0 saturated carbocycles. The van der Waals surface area contributed by atoms with Crippen molar-refractivity contribution in [1.29, 1.82) is 0 Å². The molecule has 1 fully saturated rings. The highest BCUT2D eigenvalue weighted by molar-refractivity contribution is 9.10. The zero-order valence-corrected chi connectivity index (χ0v) is 14.2. The minimum Gasteiger partial charge on any atom is -0.367 e. The molecule has 1 aliphatic heterocycles. The fraction of sp³-hybridized carbons (Fsp3) is 0.533. The molecule has 1 aromatic carbocycles. The molecule has 110 valence electrons. The molecule has 1 amide bonds. The first-order valence-electron chi connectivity index (χ1n) is 6.95. The molecule has 0 bridgehead atoms. The van der Waals surface area contributed by atoms with E-state index in [9.17, 15) is 4.79 Å². The smallest absolute Gasteiger partial charge is 0.222 e. The van der Waals surface area contributed by atoms with Crippen LogP contribution in [0.3, 0.4) is 0 Å². The van der Waals surface area contributed by atoms with Crippen molar-refractivity contribution in [2.24, 2.45) is 5.92 Å². The van der Waals surface area contributed by atoms with Crippen LogP contribution in [-0.2, 0) is 4.79 Å². The van der Waals surface area contributed by atoms with Crippen molar-refractivity contribution in [3.05, 3.63) is 27.7 Å². The molecule has 0 spiro atoms. The first-order valence-corrected chi connectivity index (χ1v) is 8.12. The van der Waals surface area contributed by atoms with E-state index < -0.39 is 0 Å². The van der Waals surface area contributed by atoms with Gasteiger partial charge in [-0.25, -0.2) is 0 Å². The number of hydrogen-bond donors (Lipinski definition) is 0. The fourth-order valence-corrected chi connectivity index (χ4v) is 3.21. The summed E-state index contributed by atoms with van der Waals surface area (Å²) in [4.78, 5) is 16.2. The summed E-state index contributed by atoms with van der Waals surface area (Å²) in [5.74, 6) is 0.683. The van der Waals surface area contributed by atoms with Gasteiger partial charge >= 0.3 is 0 Å². The van der Waals surface area contributed by atoms with Crippen molar-refractivity contribution in [2.75, 3.05) is 31.1 Å². The number of halogens is 2. The molecule has 0 unspecified atom stereocenters. The minimum absolute atomic E-state index is 0.265. The number of amides is 1. The van der Waals surface area contributed by atoms with Gasteiger partial charge in [0.15, 0.2) is 0 Å². The summed E-state index contributed by atoms with van der Waals surface area (Å²) in [5, 5.41) is 0.751. The number of carbonyl (C=O) groups excluding carboxylic acids is 1. The van der Waals surface area contributed by atoms with Gasteiger partial charge in [0.05, 0.1) is 10.7 Å². The predicted molar refractivity (Wildman–Crippen MR) is 87.4 cm³/mol. The van der Waals surface area contributed by atoms with Crippen molar-refractivity contribution in [2.45, 2.75) is 20.3 Å². The lowest BCUT2D eigenvalue weighted by Gasteiger charge is -2.36. The standard InChI is InChI=1S/C15H20BrClN2O/c1-11(2)9-15(20)19-7-5-18(6-8-19)14-4-3-12(16)10-13(14)17/h3-4,10-11H,5-9H2,1-2H3. The highest BCUT2D eigenvalue weighted by atomic mass is 79.9. The Kier molecular flexibility index (Phi) is 5.33. The van der Waals surface area contributed by atoms with Crippen LogP contribution in [-0.4, -0.2) is 37.0 Å². The van der Waals surface area contributed by atoms with E-state index in [1.807, 2.05) is 23.1 Å². The quantitative estimate of drug-likeness (QED) is 0.819. The number of anilines is 1. The van der Waals surface area contributed by atoms with Crippen LogP contribution in [0.25, 0.3) is 0 Å². The van der Waals surface area contributed by atoms with E-state index in [1.54, 1.807) is 0 Å². The predicted octanol–water partition coefficient (Wildman–Crippen LogP) is 3.80. The topological polar surface area (TPSA) is 23.6 Å². The van der Waals surface area contributed by atoms with Crippen molar-refractivity contribution in [3.63, 3.8) is 0 Å². The third kappa shape index (κ3) is 3.89. The van der Waals surface area contributed by atoms with Gasteiger partial charge in [-0.2, -0.15) is 0 Å². The van der Waals surface area contributed by atoms with Crippen molar-refractivity contribution in [3.8, 4) is 0 Å². The molecule has 2 rings (SSSR count). The summed E-state index contributed by atoms with van der Waals surface area (Å²) in [6.45, 7) is 7.39. The summed E-state index contributed by atoms with van der Waals surface area (Å²) in [7, 11) is 0. The van der Waals surface area contributed by atoms with Gasteiger partial charge in [0.2, 0.25) is 5.91 Å². The van der Waals surface area contributed by atoms with Crippen molar-refractivity contribution < 1.29 is 4.79 Å². The molecule has 0 radical (unpaired) electrons. The van der Waals surface area contributed by atoms with E-state index >= 15 is 0 Å². The Hall–Kier alpha value is -0.740. The molecule has 1 aliphatic rings. The first-order chi connectivity index (χ1) is 9.47. The maximum atomic E-state index is 12.0. The Morgan fingerprint density at radius 1 is 1.30 bits per heavy atom. The van der Waals surface area contributed by atoms with Gasteiger partial charge < -0.3 is 9.80 Å². The van der Waals surface area contributed by atoms with Gasteiger partial charge in [0, 0.05) is 37.1 Å². The van der Waals surface area contributed by atoms with Gasteiger partial charge in [0.25, 0.3) is 0 Å². The second-order valence-corrected chi connectivity index (χ2v) is 6.88. The van der Waals surface area contributed by atoms with Gasteiger partial charge in [-0.3, -0.25) is 4.79 Å².